The van der Waals surface area contributed by atoms with Crippen LogP contribution in [0.5, 0.6) is 11.5 Å². The molecule has 2 heterocycles. The topological polar surface area (TPSA) is 35.0 Å². The normalized spacial score (nSPS) is 12.7. The van der Waals surface area contributed by atoms with E-state index in [1.54, 1.807) is 12.5 Å². The van der Waals surface area contributed by atoms with Crippen molar-refractivity contribution in [3.8, 4) is 11.5 Å². The highest BCUT2D eigenvalue weighted by molar-refractivity contribution is 5.90. The van der Waals surface area contributed by atoms with Crippen LogP contribution in [0.4, 0.5) is 0 Å². The average Bonchev–Trinajstić information content (AvgIpc) is 2.45. The first-order valence-electron chi connectivity index (χ1n) is 5.89. The highest BCUT2D eigenvalue weighted by Crippen LogP contribution is 2.39. The first-order valence-corrected chi connectivity index (χ1v) is 5.89. The summed E-state index contributed by atoms with van der Waals surface area (Å²) in [5.41, 5.74) is 2.13. The molecular weight excluding hydrogens is 224 g/mol. The smallest absolute Gasteiger partial charge is 0.167 e. The van der Waals surface area contributed by atoms with Crippen molar-refractivity contribution in [2.45, 2.75) is 6.42 Å². The van der Waals surface area contributed by atoms with Crippen LogP contribution >= 0.6 is 0 Å². The van der Waals surface area contributed by atoms with Gasteiger partial charge >= 0.3 is 0 Å². The Bertz CT molecular complexity index is 752. The Morgan fingerprint density at radius 3 is 3.00 bits per heavy atom. The van der Waals surface area contributed by atoms with E-state index in [0.29, 0.717) is 0 Å². The van der Waals surface area contributed by atoms with Gasteiger partial charge in [0, 0.05) is 17.4 Å². The third-order valence-electron chi connectivity index (χ3n) is 3.29. The minimum Gasteiger partial charge on any atom is -0.453 e. The number of nitrogens with zero attached hydrogens (tertiary/aromatic N) is 2. The second-order valence-electron chi connectivity index (χ2n) is 4.39. The van der Waals surface area contributed by atoms with E-state index < -0.39 is 0 Å². The van der Waals surface area contributed by atoms with Gasteiger partial charge in [-0.25, -0.2) is 9.97 Å². The Balaban J connectivity index is 1.98. The average molecular weight is 234 g/mol. The molecule has 0 saturated heterocycles. The van der Waals surface area contributed by atoms with Crippen LogP contribution in [-0.2, 0) is 6.42 Å². The first-order chi connectivity index (χ1) is 8.92. The zero-order valence-electron chi connectivity index (χ0n) is 9.63. The van der Waals surface area contributed by atoms with E-state index in [2.05, 4.69) is 34.2 Å². The molecule has 0 spiro atoms. The highest BCUT2D eigenvalue weighted by Gasteiger charge is 2.19. The largest absolute Gasteiger partial charge is 0.453 e. The van der Waals surface area contributed by atoms with Crippen LogP contribution in [0, 0.1) is 0 Å². The lowest BCUT2D eigenvalue weighted by atomic mass is 10.00. The van der Waals surface area contributed by atoms with Gasteiger partial charge < -0.3 is 4.74 Å². The molecule has 0 N–H and O–H groups in total. The molecule has 0 bridgehead atoms. The van der Waals surface area contributed by atoms with Crippen LogP contribution in [-0.4, -0.2) is 9.97 Å². The fourth-order valence-corrected chi connectivity index (χ4v) is 2.40. The standard InChI is InChI=1S/C15H10N2O/c1-2-4-12-10(3-1)5-6-11-7-13-14(18-15(11)12)8-16-9-17-13/h1-6,8-9H,7H2. The molecule has 1 aromatic heterocycles. The molecule has 0 fully saturated rings. The SMILES string of the molecule is c1ccc2c3c(ccc2c1)Cc1ncncc1O3. The van der Waals surface area contributed by atoms with E-state index >= 15 is 0 Å². The maximum Gasteiger partial charge on any atom is 0.167 e. The molecular formula is C15H10N2O. The van der Waals surface area contributed by atoms with Crippen LogP contribution in [0.25, 0.3) is 10.8 Å². The molecule has 1 aliphatic heterocycles. The maximum absolute atomic E-state index is 5.97. The summed E-state index contributed by atoms with van der Waals surface area (Å²) >= 11 is 0. The third-order valence-corrected chi connectivity index (χ3v) is 3.29. The van der Waals surface area contributed by atoms with Crippen molar-refractivity contribution in [1.82, 2.24) is 9.97 Å². The highest BCUT2D eigenvalue weighted by atomic mass is 16.5. The summed E-state index contributed by atoms with van der Waals surface area (Å²) in [4.78, 5) is 8.28. The molecule has 0 atom stereocenters. The van der Waals surface area contributed by atoms with Crippen LogP contribution in [0.3, 0.4) is 0 Å². The lowest BCUT2D eigenvalue weighted by Gasteiger charge is -2.20. The molecule has 0 aliphatic carbocycles. The summed E-state index contributed by atoms with van der Waals surface area (Å²) < 4.78 is 5.97. The second kappa shape index (κ2) is 3.53. The Morgan fingerprint density at radius 1 is 1.06 bits per heavy atom. The van der Waals surface area contributed by atoms with E-state index in [1.165, 1.54) is 10.9 Å². The number of ether oxygens (including phenoxy) is 1. The summed E-state index contributed by atoms with van der Waals surface area (Å²) in [6.45, 7) is 0. The number of fused-ring (bicyclic) bond motifs is 4. The number of benzene rings is 2. The number of aromatic nitrogens is 2. The van der Waals surface area contributed by atoms with Crippen LogP contribution in [0.1, 0.15) is 11.3 Å². The summed E-state index contributed by atoms with van der Waals surface area (Å²) in [6, 6.07) is 12.5. The summed E-state index contributed by atoms with van der Waals surface area (Å²) in [6.07, 6.45) is 4.10. The molecule has 1 aliphatic rings. The summed E-state index contributed by atoms with van der Waals surface area (Å²) in [7, 11) is 0. The van der Waals surface area contributed by atoms with Crippen LogP contribution in [0.2, 0.25) is 0 Å². The van der Waals surface area contributed by atoms with E-state index in [-0.39, 0.29) is 0 Å². The lowest BCUT2D eigenvalue weighted by Crippen LogP contribution is -2.05. The number of hydrogen-bond donors (Lipinski definition) is 0. The third kappa shape index (κ3) is 1.31. The zero-order valence-corrected chi connectivity index (χ0v) is 9.63. The fourth-order valence-electron chi connectivity index (χ4n) is 2.40. The predicted molar refractivity (Wildman–Crippen MR) is 68.9 cm³/mol. The lowest BCUT2D eigenvalue weighted by molar-refractivity contribution is 0.458. The van der Waals surface area contributed by atoms with E-state index in [1.807, 2.05) is 12.1 Å². The first kappa shape index (κ1) is 9.59. The van der Waals surface area contributed by atoms with Gasteiger partial charge in [-0.1, -0.05) is 36.4 Å². The minimum absolute atomic E-state index is 0.765. The van der Waals surface area contributed by atoms with Gasteiger partial charge in [0.05, 0.1) is 11.9 Å². The Labute approximate surface area is 104 Å². The Kier molecular flexibility index (Phi) is 1.88. The minimum atomic E-state index is 0.765. The zero-order chi connectivity index (χ0) is 11.9. The van der Waals surface area contributed by atoms with Crippen molar-refractivity contribution >= 4 is 10.8 Å². The molecule has 4 rings (SSSR count). The van der Waals surface area contributed by atoms with Crippen molar-refractivity contribution < 1.29 is 4.74 Å². The molecule has 0 radical (unpaired) electrons. The van der Waals surface area contributed by atoms with Crippen LogP contribution < -0.4 is 4.74 Å². The molecule has 0 unspecified atom stereocenters. The second-order valence-corrected chi connectivity index (χ2v) is 4.39. The van der Waals surface area contributed by atoms with Crippen LogP contribution in [0.15, 0.2) is 48.9 Å². The van der Waals surface area contributed by atoms with Gasteiger partial charge in [0.15, 0.2) is 5.75 Å². The molecule has 3 aromatic rings. The van der Waals surface area contributed by atoms with Gasteiger partial charge in [-0.2, -0.15) is 0 Å². The van der Waals surface area contributed by atoms with Gasteiger partial charge in [0.25, 0.3) is 0 Å². The van der Waals surface area contributed by atoms with E-state index in [0.717, 1.165) is 29.0 Å². The maximum atomic E-state index is 5.97. The summed E-state index contributed by atoms with van der Waals surface area (Å²) in [5, 5.41) is 2.33. The molecule has 2 aromatic carbocycles. The van der Waals surface area contributed by atoms with Crippen molar-refractivity contribution in [3.05, 3.63) is 60.2 Å². The van der Waals surface area contributed by atoms with Crippen molar-refractivity contribution in [2.75, 3.05) is 0 Å². The van der Waals surface area contributed by atoms with Gasteiger partial charge in [-0.15, -0.1) is 0 Å². The molecule has 3 nitrogen and oxygen atoms in total. The number of rotatable bonds is 0. The Hall–Kier alpha value is -2.42. The van der Waals surface area contributed by atoms with Gasteiger partial charge in [-0.3, -0.25) is 0 Å². The summed E-state index contributed by atoms with van der Waals surface area (Å²) in [5.74, 6) is 1.71. The van der Waals surface area contributed by atoms with E-state index in [4.69, 9.17) is 4.74 Å². The predicted octanol–water partition coefficient (Wildman–Crippen LogP) is 3.33. The monoisotopic (exact) mass is 234 g/mol. The molecule has 3 heteroatoms. The fraction of sp³-hybridized carbons (Fsp3) is 0.0667. The molecule has 18 heavy (non-hydrogen) atoms. The van der Waals surface area contributed by atoms with Crippen molar-refractivity contribution in [1.29, 1.82) is 0 Å². The van der Waals surface area contributed by atoms with E-state index in [9.17, 15) is 0 Å². The molecule has 86 valence electrons. The molecule has 0 saturated carbocycles. The van der Waals surface area contributed by atoms with Gasteiger partial charge in [0.1, 0.15) is 12.1 Å². The quantitative estimate of drug-likeness (QED) is 0.468. The van der Waals surface area contributed by atoms with Gasteiger partial charge in [0.2, 0.25) is 0 Å². The molecule has 0 amide bonds. The Morgan fingerprint density at radius 2 is 2.00 bits per heavy atom. The van der Waals surface area contributed by atoms with Crippen molar-refractivity contribution in [2.24, 2.45) is 0 Å². The number of hydrogen-bond acceptors (Lipinski definition) is 3. The van der Waals surface area contributed by atoms with Gasteiger partial charge in [-0.05, 0) is 5.39 Å². The van der Waals surface area contributed by atoms with Crippen molar-refractivity contribution in [3.63, 3.8) is 0 Å².